The molecule has 0 fully saturated rings. The van der Waals surface area contributed by atoms with Gasteiger partial charge in [-0.1, -0.05) is 56.2 Å². The maximum absolute atomic E-state index is 14.3. The molecule has 5 atom stereocenters. The zero-order valence-corrected chi connectivity index (χ0v) is 59.2. The number of nitrogens with one attached hydrogen (secondary N) is 2. The first-order chi connectivity index (χ1) is 48.4. The third-order valence-corrected chi connectivity index (χ3v) is 17.0. The number of aliphatic imine (C=N–C) groups is 1. The number of benzene rings is 3. The Hall–Kier alpha value is -7.86. The molecule has 5 amide bonds. The number of unbranched alkanes of at least 4 members (excludes halogenated alkanes) is 2. The Morgan fingerprint density at radius 3 is 1.68 bits per heavy atom. The fourth-order valence-electron chi connectivity index (χ4n) is 11.3. The van der Waals surface area contributed by atoms with Crippen molar-refractivity contribution < 1.29 is 100 Å². The van der Waals surface area contributed by atoms with Crippen LogP contribution in [0.5, 0.6) is 23.0 Å². The molecule has 3 N–H and O–H groups in total. The molecule has 0 aliphatic carbocycles. The van der Waals surface area contributed by atoms with E-state index in [1.54, 1.807) is 67.6 Å². The predicted octanol–water partition coefficient (Wildman–Crippen LogP) is 7.66. The number of ketones is 2. The lowest BCUT2D eigenvalue weighted by Gasteiger charge is -2.31. The number of fused-ring (bicyclic) bond motifs is 4. The van der Waals surface area contributed by atoms with Crippen molar-refractivity contribution in [3.8, 4) is 23.0 Å². The Morgan fingerprint density at radius 2 is 1.12 bits per heavy atom. The largest absolute Gasteiger partial charge is 0.493 e. The lowest BCUT2D eigenvalue weighted by atomic mass is 9.88. The van der Waals surface area contributed by atoms with Crippen molar-refractivity contribution in [3.63, 3.8) is 0 Å². The number of amides is 5. The van der Waals surface area contributed by atoms with Crippen LogP contribution in [0.1, 0.15) is 125 Å². The smallest absolute Gasteiger partial charge is 0.416 e. The molecular weight excluding hydrogens is 1300 g/mol. The molecule has 27 nitrogen and oxygen atoms in total. The van der Waals surface area contributed by atoms with Gasteiger partial charge in [0.25, 0.3) is 11.8 Å². The van der Waals surface area contributed by atoms with Gasteiger partial charge in [0.1, 0.15) is 12.4 Å². The number of aliphatic hydroxyl groups excluding tert-OH is 1. The molecule has 4 aliphatic rings. The molecule has 4 aliphatic heterocycles. The number of nitrogens with zero attached hydrogens (tertiary/aromatic N) is 4. The van der Waals surface area contributed by atoms with Crippen LogP contribution in [0.4, 0.5) is 16.2 Å². The fourth-order valence-corrected chi connectivity index (χ4v) is 11.3. The van der Waals surface area contributed by atoms with E-state index < -0.39 is 42.1 Å². The van der Waals surface area contributed by atoms with E-state index in [-0.39, 0.29) is 104 Å². The van der Waals surface area contributed by atoms with E-state index in [1.165, 1.54) is 31.3 Å². The minimum atomic E-state index is -1.51. The van der Waals surface area contributed by atoms with Gasteiger partial charge in [-0.3, -0.25) is 33.8 Å². The summed E-state index contributed by atoms with van der Waals surface area (Å²) in [6, 6.07) is 11.5. The number of carbonyl (C=O) groups is 7. The summed E-state index contributed by atoms with van der Waals surface area (Å²) in [5.74, 6) is -0.794. The zero-order valence-electron chi connectivity index (χ0n) is 59.2. The molecule has 0 spiro atoms. The van der Waals surface area contributed by atoms with E-state index in [4.69, 9.17) is 61.6 Å². The van der Waals surface area contributed by atoms with Crippen molar-refractivity contribution >= 4 is 58.9 Å². The highest BCUT2D eigenvalue weighted by Gasteiger charge is 2.45. The van der Waals surface area contributed by atoms with Gasteiger partial charge in [-0.2, -0.15) is 0 Å². The van der Waals surface area contributed by atoms with E-state index >= 15 is 0 Å². The monoisotopic (exact) mass is 1400 g/mol. The molecular formula is C73H102N6O21. The predicted molar refractivity (Wildman–Crippen MR) is 369 cm³/mol. The first-order valence-corrected chi connectivity index (χ1v) is 34.6. The van der Waals surface area contributed by atoms with Crippen LogP contribution in [0.25, 0.3) is 0 Å². The standard InChI is InChI=1S/C73H102N6O21/c1-9-68(82)74-18-22-91-24-26-93-28-30-95-32-34-97-36-35-96-33-31-94-29-27-92-25-23-90-21-17-56(80)40-57(49(2)3)69(83)76-52(6)63(81)39-53-13-15-54(16-14-53)48-100-73(87)79-61-44-67(65(89-8)42-59(61)71(85)78-47-51(5)38-62(78)72(79)86)99-20-12-10-11-19-98-66-43-60-58(41-64(66)88-7)70(84)77-46-50(4)37-55(77)45-75-60/h13-16,41-47,49,52,55,57,62,72,86H,9-12,17-40,48H2,1-8H3,(H,74,82)(H,76,83)/t52-,55-,57-,62-,72-/m0/s1. The molecule has 3 aromatic carbocycles. The highest BCUT2D eigenvalue weighted by atomic mass is 16.6. The van der Waals surface area contributed by atoms with Crippen LogP contribution >= 0.6 is 0 Å². The average molecular weight is 1400 g/mol. The molecule has 7 rings (SSSR count). The van der Waals surface area contributed by atoms with Crippen LogP contribution < -0.4 is 34.5 Å². The Bertz CT molecular complexity index is 3250. The SMILES string of the molecule is CCC(=O)NCCOCCOCCOCCOCCOCCOCCOCCOCCC(=O)C[C@H](C(=O)N[C@@H](C)C(=O)Cc1ccc(COC(=O)N2c3cc(OCCCCCOc4cc5c(cc4OC)C(=O)N4C=C(C)C[C@H]4C=N5)c(OC)cc3C(=O)N3C=C(C)C[C@H]3[C@@H]2O)cc1)C(C)C. The quantitative estimate of drug-likeness (QED) is 0.0457. The van der Waals surface area contributed by atoms with Crippen LogP contribution in [-0.2, 0) is 74.8 Å². The van der Waals surface area contributed by atoms with Crippen molar-refractivity contribution in [2.75, 3.05) is 145 Å². The Morgan fingerprint density at radius 1 is 0.610 bits per heavy atom. The summed E-state index contributed by atoms with van der Waals surface area (Å²) in [6.45, 7) is 18.2. The van der Waals surface area contributed by atoms with E-state index in [2.05, 4.69) is 15.6 Å². The molecule has 4 heterocycles. The molecule has 0 saturated carbocycles. The molecule has 3 aromatic rings. The number of hydrogen-bond acceptors (Lipinski definition) is 22. The van der Waals surface area contributed by atoms with Gasteiger partial charge in [-0.15, -0.1) is 0 Å². The van der Waals surface area contributed by atoms with Gasteiger partial charge >= 0.3 is 6.09 Å². The summed E-state index contributed by atoms with van der Waals surface area (Å²) < 4.78 is 73.6. The van der Waals surface area contributed by atoms with E-state index in [9.17, 15) is 38.7 Å². The van der Waals surface area contributed by atoms with Crippen LogP contribution in [0, 0.1) is 11.8 Å². The number of rotatable bonds is 48. The number of Topliss-reactive ketones (excluding diaryl/α,β-unsaturated/α-hetero) is 2. The molecule has 0 bridgehead atoms. The van der Waals surface area contributed by atoms with Crippen LogP contribution in [0.2, 0.25) is 0 Å². The summed E-state index contributed by atoms with van der Waals surface area (Å²) in [6.07, 6.45) is 6.47. The zero-order chi connectivity index (χ0) is 71.8. The number of carbonyl (C=O) groups excluding carboxylic acids is 7. The molecule has 27 heteroatoms. The first-order valence-electron chi connectivity index (χ1n) is 34.6. The van der Waals surface area contributed by atoms with E-state index in [1.807, 2.05) is 33.9 Å². The van der Waals surface area contributed by atoms with Crippen LogP contribution in [0.3, 0.4) is 0 Å². The molecule has 0 aromatic heterocycles. The highest BCUT2D eigenvalue weighted by Crippen LogP contribution is 2.43. The van der Waals surface area contributed by atoms with Gasteiger partial charge < -0.3 is 87.1 Å². The average Bonchev–Trinajstić information content (AvgIpc) is 1.59. The molecule has 0 saturated heterocycles. The fraction of sp³-hybridized carbons (Fsp3) is 0.589. The highest BCUT2D eigenvalue weighted by molar-refractivity contribution is 6.07. The van der Waals surface area contributed by atoms with Gasteiger partial charge in [0.05, 0.1) is 174 Å². The summed E-state index contributed by atoms with van der Waals surface area (Å²) in [7, 11) is 2.98. The van der Waals surface area contributed by atoms with Crippen molar-refractivity contribution in [3.05, 3.63) is 94.3 Å². The number of anilines is 1. The van der Waals surface area contributed by atoms with Gasteiger partial charge in [0.2, 0.25) is 11.8 Å². The number of ether oxygens (including phenoxy) is 13. The van der Waals surface area contributed by atoms with E-state index in [0.717, 1.165) is 22.5 Å². The summed E-state index contributed by atoms with van der Waals surface area (Å²) in [5, 5.41) is 17.5. The van der Waals surface area contributed by atoms with Crippen LogP contribution in [0.15, 0.2) is 77.1 Å². The number of aliphatic hydroxyl groups is 1. The molecule has 0 unspecified atom stereocenters. The molecule has 100 heavy (non-hydrogen) atoms. The number of methoxy groups -OCH3 is 2. The van der Waals surface area contributed by atoms with E-state index in [0.29, 0.717) is 172 Å². The Kier molecular flexibility index (Phi) is 33.7. The van der Waals surface area contributed by atoms with Crippen molar-refractivity contribution in [1.82, 2.24) is 20.4 Å². The Labute approximate surface area is 586 Å². The number of hydrogen-bond donors (Lipinski definition) is 3. The first kappa shape index (κ1) is 79.5. The lowest BCUT2D eigenvalue weighted by molar-refractivity contribution is -0.133. The van der Waals surface area contributed by atoms with Crippen molar-refractivity contribution in [1.29, 1.82) is 0 Å². The maximum atomic E-state index is 14.3. The Balaban J connectivity index is 0.757. The van der Waals surface area contributed by atoms with Gasteiger partial charge in [-0.05, 0) is 82.1 Å². The second-order valence-corrected chi connectivity index (χ2v) is 25.0. The van der Waals surface area contributed by atoms with Crippen molar-refractivity contribution in [2.45, 2.75) is 130 Å². The third-order valence-electron chi connectivity index (χ3n) is 17.0. The third kappa shape index (κ3) is 24.7. The van der Waals surface area contributed by atoms with Crippen molar-refractivity contribution in [2.24, 2.45) is 16.8 Å². The summed E-state index contributed by atoms with van der Waals surface area (Å²) >= 11 is 0. The van der Waals surface area contributed by atoms with Gasteiger partial charge in [0.15, 0.2) is 35.0 Å². The maximum Gasteiger partial charge on any atom is 0.416 e. The summed E-state index contributed by atoms with van der Waals surface area (Å²) in [5.41, 5.74) is 4.30. The topological polar surface area (TPSA) is 306 Å². The van der Waals surface area contributed by atoms with Crippen LogP contribution in [-0.4, -0.2) is 226 Å². The van der Waals surface area contributed by atoms with Gasteiger partial charge in [-0.25, -0.2) is 9.69 Å². The molecule has 550 valence electrons. The second-order valence-electron chi connectivity index (χ2n) is 25.0. The molecule has 0 radical (unpaired) electrons. The minimum absolute atomic E-state index is 0.00320. The van der Waals surface area contributed by atoms with Gasteiger partial charge in [0, 0.05) is 68.9 Å². The summed E-state index contributed by atoms with van der Waals surface area (Å²) in [4.78, 5) is 102. The lowest BCUT2D eigenvalue weighted by Crippen LogP contribution is -2.50. The second kappa shape index (κ2) is 42.4. The minimum Gasteiger partial charge on any atom is -0.493 e. The normalized spacial score (nSPS) is 16.7.